The molecule has 0 radical (unpaired) electrons. The maximum atomic E-state index is 11.8. The third kappa shape index (κ3) is 3.31. The van der Waals surface area contributed by atoms with Crippen LogP contribution in [0.1, 0.15) is 25.1 Å². The van der Waals surface area contributed by atoms with Crippen LogP contribution in [0.3, 0.4) is 0 Å². The van der Waals surface area contributed by atoms with Gasteiger partial charge in [-0.05, 0) is 25.5 Å². The molecular formula is C12H19N3O2. The highest BCUT2D eigenvalue weighted by Gasteiger charge is 2.21. The van der Waals surface area contributed by atoms with Crippen molar-refractivity contribution in [2.24, 2.45) is 5.73 Å². The molecule has 2 heterocycles. The van der Waals surface area contributed by atoms with Gasteiger partial charge in [-0.25, -0.2) is 0 Å². The van der Waals surface area contributed by atoms with Gasteiger partial charge in [-0.15, -0.1) is 0 Å². The molecule has 2 atom stereocenters. The van der Waals surface area contributed by atoms with E-state index in [2.05, 4.69) is 10.2 Å². The lowest BCUT2D eigenvalue weighted by atomic mass is 10.2. The van der Waals surface area contributed by atoms with E-state index in [4.69, 9.17) is 10.2 Å². The van der Waals surface area contributed by atoms with E-state index in [9.17, 15) is 4.79 Å². The predicted molar refractivity (Wildman–Crippen MR) is 64.3 cm³/mol. The molecule has 2 rings (SSSR count). The molecule has 1 aromatic rings. The maximum absolute atomic E-state index is 11.8. The Kier molecular flexibility index (Phi) is 3.81. The summed E-state index contributed by atoms with van der Waals surface area (Å²) in [7, 11) is 0. The minimum atomic E-state index is -0.0891. The molecule has 0 saturated carbocycles. The van der Waals surface area contributed by atoms with Crippen LogP contribution in [0.25, 0.3) is 0 Å². The fourth-order valence-corrected chi connectivity index (χ4v) is 2.11. The first-order valence-corrected chi connectivity index (χ1v) is 5.96. The Bertz CT molecular complexity index is 364. The number of rotatable bonds is 4. The van der Waals surface area contributed by atoms with Gasteiger partial charge in [0.1, 0.15) is 5.76 Å². The Labute approximate surface area is 101 Å². The van der Waals surface area contributed by atoms with Crippen LogP contribution in [-0.2, 0) is 4.79 Å². The van der Waals surface area contributed by atoms with Crippen molar-refractivity contribution in [1.82, 2.24) is 10.2 Å². The molecule has 5 heteroatoms. The molecule has 1 fully saturated rings. The molecule has 1 saturated heterocycles. The van der Waals surface area contributed by atoms with Crippen molar-refractivity contribution < 1.29 is 9.21 Å². The van der Waals surface area contributed by atoms with Crippen molar-refractivity contribution in [2.45, 2.75) is 25.4 Å². The Morgan fingerprint density at radius 3 is 3.18 bits per heavy atom. The second kappa shape index (κ2) is 5.33. The summed E-state index contributed by atoms with van der Waals surface area (Å²) in [5.41, 5.74) is 5.79. The SMILES string of the molecule is CC(NC(=O)CN1CC[C@@H](N)C1)c1ccco1. The second-order valence-electron chi connectivity index (χ2n) is 4.59. The molecule has 0 bridgehead atoms. The van der Waals surface area contributed by atoms with Crippen molar-refractivity contribution in [3.05, 3.63) is 24.2 Å². The van der Waals surface area contributed by atoms with Crippen molar-refractivity contribution in [3.8, 4) is 0 Å². The zero-order valence-corrected chi connectivity index (χ0v) is 10.1. The Morgan fingerprint density at radius 2 is 2.59 bits per heavy atom. The summed E-state index contributed by atoms with van der Waals surface area (Å²) in [5.74, 6) is 0.791. The van der Waals surface area contributed by atoms with Crippen molar-refractivity contribution in [2.75, 3.05) is 19.6 Å². The lowest BCUT2D eigenvalue weighted by Gasteiger charge is -2.17. The quantitative estimate of drug-likeness (QED) is 0.799. The molecule has 1 amide bonds. The van der Waals surface area contributed by atoms with Gasteiger partial charge in [-0.1, -0.05) is 0 Å². The molecule has 1 aliphatic heterocycles. The molecular weight excluding hydrogens is 218 g/mol. The molecule has 0 spiro atoms. The van der Waals surface area contributed by atoms with Crippen molar-refractivity contribution in [3.63, 3.8) is 0 Å². The minimum absolute atomic E-state index is 0.0167. The normalized spacial score (nSPS) is 22.6. The van der Waals surface area contributed by atoms with Gasteiger partial charge in [0.15, 0.2) is 0 Å². The maximum Gasteiger partial charge on any atom is 0.234 e. The van der Waals surface area contributed by atoms with E-state index >= 15 is 0 Å². The highest BCUT2D eigenvalue weighted by molar-refractivity contribution is 5.78. The lowest BCUT2D eigenvalue weighted by molar-refractivity contribution is -0.122. The number of hydrogen-bond acceptors (Lipinski definition) is 4. The Morgan fingerprint density at radius 1 is 1.76 bits per heavy atom. The highest BCUT2D eigenvalue weighted by atomic mass is 16.3. The minimum Gasteiger partial charge on any atom is -0.467 e. The summed E-state index contributed by atoms with van der Waals surface area (Å²) in [5, 5.41) is 2.91. The van der Waals surface area contributed by atoms with E-state index in [-0.39, 0.29) is 18.0 Å². The van der Waals surface area contributed by atoms with Gasteiger partial charge in [0.2, 0.25) is 5.91 Å². The average Bonchev–Trinajstić information content (AvgIpc) is 2.89. The van der Waals surface area contributed by atoms with E-state index in [0.29, 0.717) is 6.54 Å². The fourth-order valence-electron chi connectivity index (χ4n) is 2.11. The average molecular weight is 237 g/mol. The van der Waals surface area contributed by atoms with Crippen LogP contribution in [0.4, 0.5) is 0 Å². The number of amides is 1. The van der Waals surface area contributed by atoms with Crippen LogP contribution in [-0.4, -0.2) is 36.5 Å². The molecule has 1 unspecified atom stereocenters. The van der Waals surface area contributed by atoms with E-state index < -0.39 is 0 Å². The largest absolute Gasteiger partial charge is 0.467 e. The summed E-state index contributed by atoms with van der Waals surface area (Å²) in [6, 6.07) is 3.80. The topological polar surface area (TPSA) is 71.5 Å². The number of nitrogens with zero attached hydrogens (tertiary/aromatic N) is 1. The van der Waals surface area contributed by atoms with E-state index in [1.165, 1.54) is 0 Å². The summed E-state index contributed by atoms with van der Waals surface area (Å²) >= 11 is 0. The molecule has 0 aromatic carbocycles. The smallest absolute Gasteiger partial charge is 0.234 e. The summed E-state index contributed by atoms with van der Waals surface area (Å²) in [6.07, 6.45) is 2.58. The van der Waals surface area contributed by atoms with E-state index in [0.717, 1.165) is 25.3 Å². The molecule has 1 aromatic heterocycles. The number of furan rings is 1. The van der Waals surface area contributed by atoms with E-state index in [1.54, 1.807) is 6.26 Å². The lowest BCUT2D eigenvalue weighted by Crippen LogP contribution is -2.38. The van der Waals surface area contributed by atoms with Gasteiger partial charge in [0.25, 0.3) is 0 Å². The number of carbonyl (C=O) groups excluding carboxylic acids is 1. The molecule has 3 N–H and O–H groups in total. The standard InChI is InChI=1S/C12H19N3O2/c1-9(11-3-2-6-17-11)14-12(16)8-15-5-4-10(13)7-15/h2-3,6,9-10H,4-5,7-8,13H2,1H3,(H,14,16)/t9?,10-/m1/s1. The van der Waals surface area contributed by atoms with E-state index in [1.807, 2.05) is 19.1 Å². The van der Waals surface area contributed by atoms with Crippen LogP contribution in [0.2, 0.25) is 0 Å². The molecule has 94 valence electrons. The van der Waals surface area contributed by atoms with Gasteiger partial charge < -0.3 is 15.5 Å². The van der Waals surface area contributed by atoms with Crippen LogP contribution >= 0.6 is 0 Å². The molecule has 0 aliphatic carbocycles. The Hall–Kier alpha value is -1.33. The monoisotopic (exact) mass is 237 g/mol. The summed E-state index contributed by atoms with van der Waals surface area (Å²) in [6.45, 7) is 4.04. The van der Waals surface area contributed by atoms with Crippen LogP contribution in [0.5, 0.6) is 0 Å². The number of hydrogen-bond donors (Lipinski definition) is 2. The van der Waals surface area contributed by atoms with Crippen LogP contribution < -0.4 is 11.1 Å². The summed E-state index contributed by atoms with van der Waals surface area (Å²) in [4.78, 5) is 13.9. The first-order valence-electron chi connectivity index (χ1n) is 5.96. The van der Waals surface area contributed by atoms with Crippen LogP contribution in [0, 0.1) is 0 Å². The number of carbonyl (C=O) groups is 1. The third-order valence-corrected chi connectivity index (χ3v) is 3.02. The first-order chi connectivity index (χ1) is 8.15. The third-order valence-electron chi connectivity index (χ3n) is 3.02. The van der Waals surface area contributed by atoms with Gasteiger partial charge >= 0.3 is 0 Å². The fraction of sp³-hybridized carbons (Fsp3) is 0.583. The predicted octanol–water partition coefficient (Wildman–Crippen LogP) is 0.490. The first kappa shape index (κ1) is 12.1. The number of likely N-dealkylation sites (tertiary alicyclic amines) is 1. The van der Waals surface area contributed by atoms with Crippen molar-refractivity contribution in [1.29, 1.82) is 0 Å². The second-order valence-corrected chi connectivity index (χ2v) is 4.59. The summed E-state index contributed by atoms with van der Waals surface area (Å²) < 4.78 is 5.23. The van der Waals surface area contributed by atoms with Gasteiger partial charge in [0.05, 0.1) is 18.8 Å². The van der Waals surface area contributed by atoms with Gasteiger partial charge in [-0.2, -0.15) is 0 Å². The number of nitrogens with one attached hydrogen (secondary N) is 1. The zero-order valence-electron chi connectivity index (χ0n) is 10.1. The molecule has 5 nitrogen and oxygen atoms in total. The van der Waals surface area contributed by atoms with Crippen LogP contribution in [0.15, 0.2) is 22.8 Å². The van der Waals surface area contributed by atoms with Gasteiger partial charge in [-0.3, -0.25) is 9.69 Å². The molecule has 1 aliphatic rings. The number of nitrogens with two attached hydrogens (primary N) is 1. The van der Waals surface area contributed by atoms with Gasteiger partial charge in [0, 0.05) is 19.1 Å². The highest BCUT2D eigenvalue weighted by Crippen LogP contribution is 2.12. The van der Waals surface area contributed by atoms with Crippen molar-refractivity contribution >= 4 is 5.91 Å². The molecule has 17 heavy (non-hydrogen) atoms. The zero-order chi connectivity index (χ0) is 12.3. The Balaban J connectivity index is 1.77.